The second-order valence-corrected chi connectivity index (χ2v) is 4.82. The Labute approximate surface area is 96.8 Å². The maximum Gasteiger partial charge on any atom is 0.0789 e. The molecule has 0 radical (unpaired) electrons. The molecule has 0 amide bonds. The van der Waals surface area contributed by atoms with Crippen molar-refractivity contribution in [1.29, 1.82) is 0 Å². The van der Waals surface area contributed by atoms with Crippen molar-refractivity contribution in [3.8, 4) is 0 Å². The molecule has 0 aliphatic rings. The van der Waals surface area contributed by atoms with Gasteiger partial charge < -0.3 is 4.98 Å². The van der Waals surface area contributed by atoms with E-state index in [0.717, 1.165) is 15.0 Å². The molecule has 0 saturated heterocycles. The van der Waals surface area contributed by atoms with Crippen LogP contribution in [-0.4, -0.2) is 4.98 Å². The van der Waals surface area contributed by atoms with Crippen molar-refractivity contribution in [1.82, 2.24) is 4.98 Å². The number of halogens is 3. The van der Waals surface area contributed by atoms with Gasteiger partial charge in [-0.2, -0.15) is 0 Å². The monoisotopic (exact) mass is 355 g/mol. The molecule has 1 nitrogen and oxygen atoms in total. The molecule has 0 aliphatic heterocycles. The van der Waals surface area contributed by atoms with Crippen molar-refractivity contribution >= 4 is 61.0 Å². The average molecular weight is 356 g/mol. The smallest absolute Gasteiger partial charge is 0.0789 e. The van der Waals surface area contributed by atoms with Crippen LogP contribution in [0.25, 0.3) is 10.9 Å². The number of hydrogen-bond donors (Lipinski definition) is 1. The van der Waals surface area contributed by atoms with E-state index in [1.54, 1.807) is 0 Å². The normalized spacial score (nSPS) is 10.9. The van der Waals surface area contributed by atoms with Gasteiger partial charge in [0, 0.05) is 19.6 Å². The SMILES string of the molecule is Clc1c(Br)ccc2c(I)c[nH]c12. The first-order valence-corrected chi connectivity index (χ1v) is 5.55. The van der Waals surface area contributed by atoms with E-state index in [1.807, 2.05) is 18.3 Å². The summed E-state index contributed by atoms with van der Waals surface area (Å²) in [5.74, 6) is 0. The number of fused-ring (bicyclic) bond motifs is 1. The van der Waals surface area contributed by atoms with Gasteiger partial charge in [0.2, 0.25) is 0 Å². The first-order valence-electron chi connectivity index (χ1n) is 3.30. The summed E-state index contributed by atoms with van der Waals surface area (Å²) in [6, 6.07) is 4.00. The van der Waals surface area contributed by atoms with Crippen LogP contribution in [0.1, 0.15) is 0 Å². The fraction of sp³-hybridized carbons (Fsp3) is 0. The third kappa shape index (κ3) is 1.28. The zero-order valence-electron chi connectivity index (χ0n) is 5.87. The fourth-order valence-electron chi connectivity index (χ4n) is 1.10. The molecule has 1 aromatic heterocycles. The number of aromatic amines is 1. The number of H-pyrrole nitrogens is 1. The lowest BCUT2D eigenvalue weighted by molar-refractivity contribution is 1.46. The zero-order chi connectivity index (χ0) is 8.72. The Bertz CT molecular complexity index is 438. The molecule has 62 valence electrons. The molecule has 2 rings (SSSR count). The van der Waals surface area contributed by atoms with Crippen LogP contribution in [-0.2, 0) is 0 Å². The third-order valence-electron chi connectivity index (χ3n) is 1.70. The van der Waals surface area contributed by atoms with Gasteiger partial charge in [-0.05, 0) is 44.6 Å². The minimum absolute atomic E-state index is 0.746. The van der Waals surface area contributed by atoms with Crippen molar-refractivity contribution in [2.24, 2.45) is 0 Å². The summed E-state index contributed by atoms with van der Waals surface area (Å²) in [4.78, 5) is 3.13. The molecule has 0 spiro atoms. The minimum Gasteiger partial charge on any atom is -0.359 e. The van der Waals surface area contributed by atoms with Gasteiger partial charge in [-0.15, -0.1) is 0 Å². The van der Waals surface area contributed by atoms with E-state index in [9.17, 15) is 0 Å². The van der Waals surface area contributed by atoms with Gasteiger partial charge in [0.15, 0.2) is 0 Å². The van der Waals surface area contributed by atoms with Gasteiger partial charge in [0.25, 0.3) is 0 Å². The molecule has 1 N–H and O–H groups in total. The summed E-state index contributed by atoms with van der Waals surface area (Å²) in [7, 11) is 0. The van der Waals surface area contributed by atoms with Crippen molar-refractivity contribution in [2.45, 2.75) is 0 Å². The maximum atomic E-state index is 6.06. The van der Waals surface area contributed by atoms with Crippen molar-refractivity contribution in [2.75, 3.05) is 0 Å². The third-order valence-corrected chi connectivity index (χ3v) is 3.87. The van der Waals surface area contributed by atoms with Crippen molar-refractivity contribution < 1.29 is 0 Å². The second-order valence-electron chi connectivity index (χ2n) is 2.42. The number of hydrogen-bond acceptors (Lipinski definition) is 0. The Morgan fingerprint density at radius 2 is 2.17 bits per heavy atom. The highest BCUT2D eigenvalue weighted by Gasteiger charge is 2.06. The minimum atomic E-state index is 0.746. The van der Waals surface area contributed by atoms with Crippen LogP contribution in [0, 0.1) is 3.57 Å². The van der Waals surface area contributed by atoms with Crippen LogP contribution in [0.3, 0.4) is 0 Å². The van der Waals surface area contributed by atoms with Gasteiger partial charge in [-0.3, -0.25) is 0 Å². The summed E-state index contributed by atoms with van der Waals surface area (Å²) < 4.78 is 2.12. The highest BCUT2D eigenvalue weighted by atomic mass is 127. The molecule has 0 unspecified atom stereocenters. The second kappa shape index (κ2) is 3.20. The molecule has 0 fully saturated rings. The van der Waals surface area contributed by atoms with E-state index in [0.29, 0.717) is 0 Å². The molecule has 0 aliphatic carbocycles. The summed E-state index contributed by atoms with van der Waals surface area (Å²) in [6.07, 6.45) is 1.95. The molecule has 4 heteroatoms. The van der Waals surface area contributed by atoms with Crippen LogP contribution >= 0.6 is 50.1 Å². The van der Waals surface area contributed by atoms with Gasteiger partial charge in [-0.25, -0.2) is 0 Å². The molecular formula is C8H4BrClIN. The molecule has 12 heavy (non-hydrogen) atoms. The van der Waals surface area contributed by atoms with E-state index in [-0.39, 0.29) is 0 Å². The van der Waals surface area contributed by atoms with Crippen LogP contribution in [0.5, 0.6) is 0 Å². The first-order chi connectivity index (χ1) is 5.70. The summed E-state index contributed by atoms with van der Waals surface area (Å²) >= 11 is 11.7. The molecular weight excluding hydrogens is 352 g/mol. The van der Waals surface area contributed by atoms with Crippen LogP contribution in [0.15, 0.2) is 22.8 Å². The summed E-state index contributed by atoms with van der Waals surface area (Å²) in [6.45, 7) is 0. The Morgan fingerprint density at radius 3 is 2.92 bits per heavy atom. The van der Waals surface area contributed by atoms with Gasteiger partial charge in [-0.1, -0.05) is 17.7 Å². The lowest BCUT2D eigenvalue weighted by Crippen LogP contribution is -1.73. The predicted octanol–water partition coefficient (Wildman–Crippen LogP) is 4.19. The number of aromatic nitrogens is 1. The Hall–Kier alpha value is 0.260. The molecule has 0 atom stereocenters. The van der Waals surface area contributed by atoms with E-state index < -0.39 is 0 Å². The van der Waals surface area contributed by atoms with E-state index in [2.05, 4.69) is 43.5 Å². The molecule has 0 bridgehead atoms. The van der Waals surface area contributed by atoms with Crippen LogP contribution < -0.4 is 0 Å². The largest absolute Gasteiger partial charge is 0.359 e. The van der Waals surface area contributed by atoms with Gasteiger partial charge in [0.1, 0.15) is 0 Å². The molecule has 1 aromatic carbocycles. The zero-order valence-corrected chi connectivity index (χ0v) is 10.4. The summed E-state index contributed by atoms with van der Waals surface area (Å²) in [5.41, 5.74) is 0.996. The van der Waals surface area contributed by atoms with Crippen molar-refractivity contribution in [3.63, 3.8) is 0 Å². The first kappa shape index (κ1) is 8.84. The lowest BCUT2D eigenvalue weighted by atomic mass is 10.2. The number of benzene rings is 1. The lowest BCUT2D eigenvalue weighted by Gasteiger charge is -1.96. The molecule has 0 saturated carbocycles. The highest BCUT2D eigenvalue weighted by Crippen LogP contribution is 2.32. The van der Waals surface area contributed by atoms with Crippen LogP contribution in [0.2, 0.25) is 5.02 Å². The Balaban J connectivity index is 2.93. The molecule has 1 heterocycles. The van der Waals surface area contributed by atoms with E-state index in [4.69, 9.17) is 11.6 Å². The van der Waals surface area contributed by atoms with E-state index >= 15 is 0 Å². The van der Waals surface area contributed by atoms with E-state index in [1.165, 1.54) is 8.96 Å². The number of rotatable bonds is 0. The average Bonchev–Trinajstić information content (AvgIpc) is 2.41. The highest BCUT2D eigenvalue weighted by molar-refractivity contribution is 14.1. The predicted molar refractivity (Wildman–Crippen MR) is 63.7 cm³/mol. The summed E-state index contributed by atoms with van der Waals surface area (Å²) in [5, 5.41) is 1.92. The molecule has 2 aromatic rings. The van der Waals surface area contributed by atoms with Gasteiger partial charge in [0.05, 0.1) is 10.5 Å². The van der Waals surface area contributed by atoms with Crippen LogP contribution in [0.4, 0.5) is 0 Å². The topological polar surface area (TPSA) is 15.8 Å². The Kier molecular flexibility index (Phi) is 2.35. The standard InChI is InChI=1S/C8H4BrClIN/c9-5-2-1-4-6(11)3-12-8(4)7(5)10/h1-3,12H. The quantitative estimate of drug-likeness (QED) is 0.682. The fourth-order valence-corrected chi connectivity index (χ4v) is 2.26. The Morgan fingerprint density at radius 1 is 1.42 bits per heavy atom. The maximum absolute atomic E-state index is 6.06. The van der Waals surface area contributed by atoms with Gasteiger partial charge >= 0.3 is 0 Å². The number of nitrogens with one attached hydrogen (secondary N) is 1. The van der Waals surface area contributed by atoms with Crippen molar-refractivity contribution in [3.05, 3.63) is 31.4 Å².